The minimum absolute atomic E-state index is 0.0595. The van der Waals surface area contributed by atoms with Crippen LogP contribution in [-0.4, -0.2) is 53.3 Å². The molecule has 1 aromatic carbocycles. The lowest BCUT2D eigenvalue weighted by Crippen LogP contribution is -2.76. The molecule has 3 atom stereocenters. The van der Waals surface area contributed by atoms with E-state index in [-0.39, 0.29) is 5.70 Å². The van der Waals surface area contributed by atoms with Gasteiger partial charge in [-0.15, -0.1) is 6.58 Å². The lowest BCUT2D eigenvalue weighted by Gasteiger charge is -2.56. The third kappa shape index (κ3) is 2.11. The van der Waals surface area contributed by atoms with Gasteiger partial charge in [-0.05, 0) is 23.8 Å². The number of hydrogen-bond acceptors (Lipinski definition) is 7. The van der Waals surface area contributed by atoms with Crippen LogP contribution >= 0.6 is 0 Å². The number of benzene rings is 1. The summed E-state index contributed by atoms with van der Waals surface area (Å²) in [5.74, 6) is -3.20. The Morgan fingerprint density at radius 1 is 1.31 bits per heavy atom. The summed E-state index contributed by atoms with van der Waals surface area (Å²) in [6, 6.07) is 6.97. The van der Waals surface area contributed by atoms with Gasteiger partial charge in [0, 0.05) is 11.6 Å². The summed E-state index contributed by atoms with van der Waals surface area (Å²) in [4.78, 5) is 42.1. The lowest BCUT2D eigenvalue weighted by molar-refractivity contribution is -0.144. The topological polar surface area (TPSA) is 107 Å². The van der Waals surface area contributed by atoms with Crippen molar-refractivity contribution in [2.75, 3.05) is 12.2 Å². The van der Waals surface area contributed by atoms with Crippen LogP contribution in [-0.2, 0) is 19.8 Å². The van der Waals surface area contributed by atoms with Crippen molar-refractivity contribution in [3.63, 3.8) is 0 Å². The molecular weight excluding hydrogens is 410 g/mol. The number of carbonyl (C=O) groups is 2. The summed E-state index contributed by atoms with van der Waals surface area (Å²) in [5.41, 5.74) is -0.387. The maximum atomic E-state index is 13.4. The summed E-state index contributed by atoms with van der Waals surface area (Å²) in [7, 11) is 1.48. The van der Waals surface area contributed by atoms with Crippen molar-refractivity contribution in [3.05, 3.63) is 66.1 Å². The van der Waals surface area contributed by atoms with Gasteiger partial charge in [0.25, 0.3) is 11.8 Å². The number of allylic oxidation sites excluding steroid dienone is 1. The molecule has 4 aliphatic heterocycles. The molecule has 32 heavy (non-hydrogen) atoms. The number of para-hydroxylation sites is 1. The summed E-state index contributed by atoms with van der Waals surface area (Å²) in [5, 5.41) is 15.5. The largest absolute Gasteiger partial charge is 0.503 e. The highest BCUT2D eigenvalue weighted by Crippen LogP contribution is 2.64. The van der Waals surface area contributed by atoms with Gasteiger partial charge < -0.3 is 10.4 Å². The van der Waals surface area contributed by atoms with E-state index in [9.17, 15) is 14.7 Å². The molecule has 2 N–H and O–H groups in total. The number of anilines is 1. The Bertz CT molecular complexity index is 1170. The Balaban J connectivity index is 1.89. The number of hydrogen-bond donors (Lipinski definition) is 2. The van der Waals surface area contributed by atoms with Crippen molar-refractivity contribution in [3.8, 4) is 0 Å². The fourth-order valence-corrected chi connectivity index (χ4v) is 5.35. The third-order valence-electron chi connectivity index (χ3n) is 6.83. The predicted octanol–water partition coefficient (Wildman–Crippen LogP) is 1.95. The molecule has 164 valence electrons. The van der Waals surface area contributed by atoms with Crippen LogP contribution < -0.4 is 10.4 Å². The second-order valence-corrected chi connectivity index (χ2v) is 8.63. The van der Waals surface area contributed by atoms with Gasteiger partial charge in [0.15, 0.2) is 5.76 Å². The van der Waals surface area contributed by atoms with Crippen LogP contribution in [0.25, 0.3) is 0 Å². The van der Waals surface area contributed by atoms with E-state index in [4.69, 9.17) is 4.84 Å². The van der Waals surface area contributed by atoms with Gasteiger partial charge in [-0.25, -0.2) is 10.1 Å². The quantitative estimate of drug-likeness (QED) is 0.558. The molecule has 5 rings (SSSR count). The van der Waals surface area contributed by atoms with Crippen molar-refractivity contribution in [2.45, 2.75) is 31.1 Å². The maximum Gasteiger partial charge on any atom is 0.296 e. The van der Waals surface area contributed by atoms with E-state index < -0.39 is 40.2 Å². The van der Waals surface area contributed by atoms with Crippen molar-refractivity contribution >= 4 is 30.1 Å². The van der Waals surface area contributed by atoms with Gasteiger partial charge in [-0.2, -0.15) is 0 Å². The number of amides is 2. The number of hydroxylamine groups is 1. The highest BCUT2D eigenvalue weighted by atomic mass is 16.7. The zero-order valence-corrected chi connectivity index (χ0v) is 17.9. The number of carbonyl (C=O) groups excluding carboxylic acids is 2. The molecule has 4 heterocycles. The van der Waals surface area contributed by atoms with Crippen molar-refractivity contribution in [1.82, 2.24) is 10.2 Å². The van der Waals surface area contributed by atoms with Crippen molar-refractivity contribution in [2.24, 2.45) is 15.4 Å². The Morgan fingerprint density at radius 3 is 2.72 bits per heavy atom. The average Bonchev–Trinajstić information content (AvgIpc) is 3.44. The second-order valence-electron chi connectivity index (χ2n) is 8.63. The number of aliphatic imine (C=N–C) groups is 2. The number of aliphatic hydroxyl groups excluding tert-OH is 1. The third-order valence-corrected chi connectivity index (χ3v) is 6.83. The number of nitrogens with zero attached hydrogens (tertiary/aromatic N) is 4. The van der Waals surface area contributed by atoms with Gasteiger partial charge in [0.2, 0.25) is 5.79 Å². The first kappa shape index (κ1) is 20.2. The minimum atomic E-state index is -1.52. The fourth-order valence-electron chi connectivity index (χ4n) is 5.35. The normalized spacial score (nSPS) is 31.5. The molecule has 0 aliphatic carbocycles. The minimum Gasteiger partial charge on any atom is -0.503 e. The van der Waals surface area contributed by atoms with E-state index in [1.807, 2.05) is 38.1 Å². The zero-order chi connectivity index (χ0) is 22.9. The predicted molar refractivity (Wildman–Crippen MR) is 119 cm³/mol. The van der Waals surface area contributed by atoms with E-state index in [0.29, 0.717) is 5.69 Å². The first-order valence-corrected chi connectivity index (χ1v) is 10.2. The molecule has 9 heteroatoms. The van der Waals surface area contributed by atoms with Crippen LogP contribution in [0.1, 0.15) is 19.4 Å². The number of rotatable bonds is 4. The molecule has 1 unspecified atom stereocenters. The first-order valence-electron chi connectivity index (χ1n) is 10.2. The Hall–Kier alpha value is -3.72. The van der Waals surface area contributed by atoms with Gasteiger partial charge in [-0.3, -0.25) is 24.3 Å². The molecule has 1 fully saturated rings. The van der Waals surface area contributed by atoms with Gasteiger partial charge in [0.05, 0.1) is 18.2 Å². The number of fused-ring (bicyclic) bond motifs is 2. The Morgan fingerprint density at radius 2 is 2.06 bits per heavy atom. The molecule has 4 aliphatic rings. The summed E-state index contributed by atoms with van der Waals surface area (Å²) < 4.78 is 0. The summed E-state index contributed by atoms with van der Waals surface area (Å²) in [6.07, 6.45) is 7.77. The zero-order valence-electron chi connectivity index (χ0n) is 17.9. The molecule has 9 nitrogen and oxygen atoms in total. The van der Waals surface area contributed by atoms with Crippen LogP contribution in [0, 0.1) is 5.41 Å². The van der Waals surface area contributed by atoms with Gasteiger partial charge >= 0.3 is 0 Å². The molecule has 1 aromatic rings. The highest BCUT2D eigenvalue weighted by molar-refractivity contribution is 6.08. The first-order chi connectivity index (χ1) is 15.2. The Kier molecular flexibility index (Phi) is 4.04. The van der Waals surface area contributed by atoms with Crippen LogP contribution in [0.5, 0.6) is 0 Å². The number of aliphatic hydroxyl groups is 1. The molecule has 1 saturated heterocycles. The Labute approximate surface area is 185 Å². The molecule has 0 radical (unpaired) electrons. The molecular formula is C23H23N5O4. The molecule has 2 amide bonds. The smallest absolute Gasteiger partial charge is 0.296 e. The average molecular weight is 433 g/mol. The van der Waals surface area contributed by atoms with E-state index in [1.54, 1.807) is 18.4 Å². The molecule has 0 aromatic heterocycles. The second kappa shape index (κ2) is 6.39. The lowest BCUT2D eigenvalue weighted by atomic mass is 9.57. The summed E-state index contributed by atoms with van der Waals surface area (Å²) >= 11 is 0. The monoisotopic (exact) mass is 433 g/mol. The molecule has 0 saturated carbocycles. The highest BCUT2D eigenvalue weighted by Gasteiger charge is 2.77. The van der Waals surface area contributed by atoms with Crippen LogP contribution in [0.2, 0.25) is 0 Å². The van der Waals surface area contributed by atoms with Crippen molar-refractivity contribution in [1.29, 1.82) is 0 Å². The standard InChI is InChI=1S/C23H23N5O4/c1-5-21(2,3)22-11-18(29)20(31)27-17(10-14-12-24-13-25-14)19(30)26-23(22,27)28(32-4)16-9-7-6-8-15(16)22/h5-14,29H,1H2,2-4H3,(H,26,30)/b17-10+/t14?,22-,23-/m0/s1. The van der Waals surface area contributed by atoms with Crippen LogP contribution in [0.15, 0.2) is 70.5 Å². The van der Waals surface area contributed by atoms with Crippen LogP contribution in [0.3, 0.4) is 0 Å². The SMILES string of the molecule is C=CC(C)(C)[C@@]12C=C(O)C(=O)N3/C(=C/C4C=NC=N4)C(=O)N[C@]31N(OC)c1ccccc12. The maximum absolute atomic E-state index is 13.4. The van der Waals surface area contributed by atoms with Crippen LogP contribution in [0.4, 0.5) is 5.69 Å². The van der Waals surface area contributed by atoms with E-state index in [2.05, 4.69) is 21.9 Å². The molecule has 0 bridgehead atoms. The number of nitrogens with one attached hydrogen (secondary N) is 1. The van der Waals surface area contributed by atoms with Gasteiger partial charge in [-0.1, -0.05) is 38.1 Å². The van der Waals surface area contributed by atoms with E-state index >= 15 is 0 Å². The van der Waals surface area contributed by atoms with E-state index in [0.717, 1.165) is 5.56 Å². The summed E-state index contributed by atoms with van der Waals surface area (Å²) in [6.45, 7) is 7.91. The van der Waals surface area contributed by atoms with Crippen molar-refractivity contribution < 1.29 is 19.5 Å². The fraction of sp³-hybridized carbons (Fsp3) is 0.304. The molecule has 1 spiro atoms. The van der Waals surface area contributed by atoms with Gasteiger partial charge in [0.1, 0.15) is 18.1 Å². The van der Waals surface area contributed by atoms with E-state index in [1.165, 1.54) is 29.5 Å².